The monoisotopic (exact) mass is 815 g/mol. The average molecular weight is 817 g/mol. The van der Waals surface area contributed by atoms with E-state index in [2.05, 4.69) is 67.4 Å². The van der Waals surface area contributed by atoms with Gasteiger partial charge in [0.2, 0.25) is 5.76 Å². The zero-order valence-electron chi connectivity index (χ0n) is 35.2. The SMILES string of the molecule is CCOC(=O)CBr.CCOC(=O)c1cc2cc(C)c(C)c(C)c2o1.CCOCc1cc2cc(C)c(C)c(C)c2o1.Cc1cc(C=O)c(O)c(C)c1C.[B].[H-].[Na+]. The largest absolute Gasteiger partial charge is 1.00 e. The molecule has 2 aromatic heterocycles. The molecule has 9 nitrogen and oxygen atoms in total. The molecule has 1 N–H and O–H groups in total. The van der Waals surface area contributed by atoms with Crippen molar-refractivity contribution >= 4 is 64.5 Å². The average Bonchev–Trinajstić information content (AvgIpc) is 3.75. The number of alkyl halides is 1. The summed E-state index contributed by atoms with van der Waals surface area (Å²) in [6.45, 7) is 25.8. The third-order valence-electron chi connectivity index (χ3n) is 8.93. The van der Waals surface area contributed by atoms with E-state index in [-0.39, 0.29) is 56.9 Å². The number of halogens is 1. The fourth-order valence-electron chi connectivity index (χ4n) is 5.24. The quantitative estimate of drug-likeness (QED) is 0.0747. The number of furan rings is 2. The normalized spacial score (nSPS) is 10.0. The van der Waals surface area contributed by atoms with Crippen molar-refractivity contribution in [2.24, 2.45) is 0 Å². The molecule has 0 fully saturated rings. The van der Waals surface area contributed by atoms with Crippen LogP contribution in [0.15, 0.2) is 39.2 Å². The number of carbonyl (C=O) groups excluding carboxylic acids is 3. The molecule has 3 aromatic carbocycles. The Morgan fingerprint density at radius 2 is 1.19 bits per heavy atom. The van der Waals surface area contributed by atoms with Gasteiger partial charge in [0.1, 0.15) is 34.6 Å². The van der Waals surface area contributed by atoms with Crippen molar-refractivity contribution in [1.29, 1.82) is 0 Å². The van der Waals surface area contributed by atoms with E-state index < -0.39 is 5.97 Å². The van der Waals surface area contributed by atoms with Gasteiger partial charge in [-0.05, 0) is 163 Å². The second kappa shape index (κ2) is 24.2. The molecule has 0 bridgehead atoms. The number of aldehydes is 1. The maximum atomic E-state index is 11.6. The first kappa shape index (κ1) is 50.7. The van der Waals surface area contributed by atoms with Crippen molar-refractivity contribution in [3.8, 4) is 5.75 Å². The summed E-state index contributed by atoms with van der Waals surface area (Å²) in [7, 11) is 0. The number of fused-ring (bicyclic) bond motifs is 2. The second-order valence-corrected chi connectivity index (χ2v) is 12.9. The molecule has 0 saturated carbocycles. The molecule has 54 heavy (non-hydrogen) atoms. The van der Waals surface area contributed by atoms with E-state index in [4.69, 9.17) is 18.3 Å². The Labute approximate surface area is 354 Å². The number of aryl methyl sites for hydroxylation is 5. The van der Waals surface area contributed by atoms with Gasteiger partial charge < -0.3 is 29.6 Å². The van der Waals surface area contributed by atoms with Gasteiger partial charge in [0.15, 0.2) is 6.29 Å². The zero-order chi connectivity index (χ0) is 39.3. The first-order valence-corrected chi connectivity index (χ1v) is 18.4. The van der Waals surface area contributed by atoms with Gasteiger partial charge in [0.05, 0.1) is 18.8 Å². The van der Waals surface area contributed by atoms with E-state index in [1.54, 1.807) is 26.0 Å². The van der Waals surface area contributed by atoms with Crippen LogP contribution in [0.1, 0.15) is 98.9 Å². The minimum Gasteiger partial charge on any atom is -1.00 e. The molecule has 0 spiro atoms. The van der Waals surface area contributed by atoms with Gasteiger partial charge in [0.25, 0.3) is 0 Å². The molecular formula is C42H54BBrNaO9. The predicted octanol–water partition coefficient (Wildman–Crippen LogP) is 7.24. The molecule has 0 aliphatic rings. The number of hydrogen-bond acceptors (Lipinski definition) is 9. The summed E-state index contributed by atoms with van der Waals surface area (Å²) in [6, 6.07) is 9.72. The van der Waals surface area contributed by atoms with Gasteiger partial charge in [0, 0.05) is 25.8 Å². The Morgan fingerprint density at radius 3 is 1.65 bits per heavy atom. The van der Waals surface area contributed by atoms with Crippen LogP contribution in [0.3, 0.4) is 0 Å². The Hall–Kier alpha value is -3.35. The van der Waals surface area contributed by atoms with Crippen molar-refractivity contribution in [3.63, 3.8) is 0 Å². The number of phenolic OH excluding ortho intramolecular Hbond substituents is 1. The van der Waals surface area contributed by atoms with Crippen molar-refractivity contribution in [1.82, 2.24) is 0 Å². The van der Waals surface area contributed by atoms with E-state index in [9.17, 15) is 19.5 Å². The van der Waals surface area contributed by atoms with E-state index in [1.165, 1.54) is 33.2 Å². The van der Waals surface area contributed by atoms with Crippen molar-refractivity contribution in [2.75, 3.05) is 25.2 Å². The van der Waals surface area contributed by atoms with Crippen LogP contribution in [0.5, 0.6) is 5.75 Å². The van der Waals surface area contributed by atoms with Gasteiger partial charge in [-0.15, -0.1) is 0 Å². The zero-order valence-corrected chi connectivity index (χ0v) is 37.8. The number of aromatic hydroxyl groups is 1. The minimum absolute atomic E-state index is 0. The third kappa shape index (κ3) is 13.4. The van der Waals surface area contributed by atoms with Gasteiger partial charge in [-0.25, -0.2) is 4.79 Å². The number of ether oxygens (including phenoxy) is 3. The number of esters is 2. The number of rotatable bonds is 8. The van der Waals surface area contributed by atoms with Crippen LogP contribution in [0.2, 0.25) is 0 Å². The topological polar surface area (TPSA) is 125 Å². The number of benzene rings is 3. The van der Waals surface area contributed by atoms with Crippen LogP contribution in [0.4, 0.5) is 0 Å². The summed E-state index contributed by atoms with van der Waals surface area (Å²) in [5, 5.41) is 11.9. The summed E-state index contributed by atoms with van der Waals surface area (Å²) in [6.07, 6.45) is 0.675. The van der Waals surface area contributed by atoms with E-state index >= 15 is 0 Å². The number of carbonyl (C=O) groups is 3. The maximum Gasteiger partial charge on any atom is 1.00 e. The first-order chi connectivity index (χ1) is 24.6. The van der Waals surface area contributed by atoms with Crippen molar-refractivity contribution in [2.45, 2.75) is 89.7 Å². The molecule has 0 unspecified atom stereocenters. The number of phenols is 1. The molecule has 0 atom stereocenters. The smallest absolute Gasteiger partial charge is 1.00 e. The number of hydrogen-bond donors (Lipinski definition) is 1. The molecule has 0 aliphatic heterocycles. The van der Waals surface area contributed by atoms with E-state index in [0.29, 0.717) is 43.6 Å². The molecule has 5 aromatic rings. The Bertz CT molecular complexity index is 2020. The summed E-state index contributed by atoms with van der Waals surface area (Å²) >= 11 is 2.94. The Balaban J connectivity index is 0. The molecule has 0 aliphatic carbocycles. The molecule has 2 heterocycles. The molecule has 3 radical (unpaired) electrons. The predicted molar refractivity (Wildman–Crippen MR) is 217 cm³/mol. The molecule has 0 saturated heterocycles. The summed E-state index contributed by atoms with van der Waals surface area (Å²) in [4.78, 5) is 32.2. The van der Waals surface area contributed by atoms with Gasteiger partial charge in [-0.1, -0.05) is 15.9 Å². The van der Waals surface area contributed by atoms with E-state index in [0.717, 1.165) is 44.6 Å². The van der Waals surface area contributed by atoms with Gasteiger partial charge in [-0.3, -0.25) is 9.59 Å². The third-order valence-corrected chi connectivity index (χ3v) is 9.38. The first-order valence-electron chi connectivity index (χ1n) is 17.3. The fourth-order valence-corrected chi connectivity index (χ4v) is 5.41. The minimum atomic E-state index is -0.404. The summed E-state index contributed by atoms with van der Waals surface area (Å²) in [5.41, 5.74) is 12.3. The van der Waals surface area contributed by atoms with Gasteiger partial charge >= 0.3 is 41.5 Å². The fraction of sp³-hybridized carbons (Fsp3) is 0.405. The standard InChI is InChI=1S/C14H16O3.C14H18O2.C10H12O2.C4H7BrO2.B.Na.H/c1-5-16-14(15)12-7-11-6-8(2)9(3)10(4)13(11)17-12;1-5-15-8-13-7-12-6-9(2)10(3)11(4)14(12)16-13;1-6-4-9(5-11)10(12)8(3)7(6)2;1-2-7-4(6)3-5;;;/h6-7H,5H2,1-4H3;6-7H,5,8H2,1-4H3;4-5,12H,1-3H3;2-3H2,1H3;;;/q;;;;;+1;-1. The Morgan fingerprint density at radius 1 is 0.704 bits per heavy atom. The second-order valence-electron chi connectivity index (χ2n) is 12.3. The maximum absolute atomic E-state index is 11.6. The van der Waals surface area contributed by atoms with Crippen LogP contribution in [0, 0.1) is 62.3 Å². The van der Waals surface area contributed by atoms with Crippen LogP contribution < -0.4 is 29.6 Å². The molecule has 12 heteroatoms. The molecule has 5 rings (SSSR count). The Kier molecular flexibility index (Phi) is 22.7. The van der Waals surface area contributed by atoms with Crippen LogP contribution >= 0.6 is 15.9 Å². The van der Waals surface area contributed by atoms with Crippen LogP contribution in [0.25, 0.3) is 21.9 Å². The van der Waals surface area contributed by atoms with Gasteiger partial charge in [-0.2, -0.15) is 0 Å². The summed E-state index contributed by atoms with van der Waals surface area (Å²) in [5.74, 6) is 0.675. The molecular weight excluding hydrogens is 762 g/mol. The summed E-state index contributed by atoms with van der Waals surface area (Å²) < 4.78 is 26.2. The van der Waals surface area contributed by atoms with Crippen LogP contribution in [-0.2, 0) is 25.6 Å². The van der Waals surface area contributed by atoms with E-state index in [1.807, 2.05) is 40.7 Å². The van der Waals surface area contributed by atoms with Crippen molar-refractivity contribution in [3.05, 3.63) is 97.5 Å². The molecule has 287 valence electrons. The van der Waals surface area contributed by atoms with Crippen LogP contribution in [-0.4, -0.2) is 56.9 Å². The molecule has 0 amide bonds. The van der Waals surface area contributed by atoms with Crippen molar-refractivity contribution < 1.29 is 73.5 Å².